The van der Waals surface area contributed by atoms with E-state index in [1.54, 1.807) is 14.2 Å². The summed E-state index contributed by atoms with van der Waals surface area (Å²) in [6.07, 6.45) is 6.75. The van der Waals surface area contributed by atoms with Crippen LogP contribution in [0.3, 0.4) is 0 Å². The summed E-state index contributed by atoms with van der Waals surface area (Å²) in [5, 5.41) is 3.03. The van der Waals surface area contributed by atoms with E-state index < -0.39 is 0 Å². The van der Waals surface area contributed by atoms with Crippen LogP contribution in [-0.4, -0.2) is 44.7 Å². The van der Waals surface area contributed by atoms with Crippen LogP contribution in [0.5, 0.6) is 11.5 Å². The number of carbonyl (C=O) groups excluding carboxylic acids is 1. The third-order valence-corrected chi connectivity index (χ3v) is 5.68. The zero-order chi connectivity index (χ0) is 17.6. The molecule has 2 aliphatic rings. The van der Waals surface area contributed by atoms with Crippen LogP contribution in [0.4, 0.5) is 0 Å². The standard InChI is InChI=1S/C20H30N2O3/c1-24-18-8-7-15(11-19(18)25-2)12-21-20(23)14-22-10-9-16-5-3-4-6-17(16)13-22/h7-8,11,16-17H,3-6,9-10,12-14H2,1-2H3,(H,21,23). The summed E-state index contributed by atoms with van der Waals surface area (Å²) < 4.78 is 10.6. The van der Waals surface area contributed by atoms with Gasteiger partial charge in [0.05, 0.1) is 20.8 Å². The summed E-state index contributed by atoms with van der Waals surface area (Å²) in [7, 11) is 3.24. The zero-order valence-electron chi connectivity index (χ0n) is 15.4. The second kappa shape index (κ2) is 8.56. The van der Waals surface area contributed by atoms with Gasteiger partial charge in [-0.2, -0.15) is 0 Å². The summed E-state index contributed by atoms with van der Waals surface area (Å²) in [6.45, 7) is 3.18. The Balaban J connectivity index is 1.46. The van der Waals surface area contributed by atoms with Gasteiger partial charge in [0.1, 0.15) is 0 Å². The number of nitrogens with one attached hydrogen (secondary N) is 1. The molecule has 25 heavy (non-hydrogen) atoms. The molecule has 0 aromatic heterocycles. The molecule has 5 heteroatoms. The summed E-state index contributed by atoms with van der Waals surface area (Å²) >= 11 is 0. The number of nitrogens with zero attached hydrogens (tertiary/aromatic N) is 1. The van der Waals surface area contributed by atoms with Gasteiger partial charge >= 0.3 is 0 Å². The third-order valence-electron chi connectivity index (χ3n) is 5.68. The maximum atomic E-state index is 12.3. The molecule has 1 N–H and O–H groups in total. The van der Waals surface area contributed by atoms with Crippen molar-refractivity contribution >= 4 is 5.91 Å². The van der Waals surface area contributed by atoms with Crippen LogP contribution in [-0.2, 0) is 11.3 Å². The normalized spacial score (nSPS) is 23.6. The van der Waals surface area contributed by atoms with Gasteiger partial charge in [0.15, 0.2) is 11.5 Å². The SMILES string of the molecule is COc1ccc(CNC(=O)CN2CCC3CCCCC3C2)cc1OC. The van der Waals surface area contributed by atoms with Crippen LogP contribution in [0.1, 0.15) is 37.7 Å². The predicted octanol–water partition coefficient (Wildman–Crippen LogP) is 2.83. The Morgan fingerprint density at radius 2 is 1.88 bits per heavy atom. The van der Waals surface area contributed by atoms with Gasteiger partial charge in [-0.25, -0.2) is 0 Å². The van der Waals surface area contributed by atoms with Crippen molar-refractivity contribution in [2.45, 2.75) is 38.6 Å². The molecule has 1 saturated carbocycles. The smallest absolute Gasteiger partial charge is 0.234 e. The highest BCUT2D eigenvalue weighted by Crippen LogP contribution is 2.35. The van der Waals surface area contributed by atoms with E-state index in [-0.39, 0.29) is 5.91 Å². The number of methoxy groups -OCH3 is 2. The molecule has 1 amide bonds. The van der Waals surface area contributed by atoms with Crippen molar-refractivity contribution in [3.8, 4) is 11.5 Å². The van der Waals surface area contributed by atoms with Crippen LogP contribution in [0.15, 0.2) is 18.2 Å². The first kappa shape index (κ1) is 18.1. The molecular formula is C20H30N2O3. The van der Waals surface area contributed by atoms with Gasteiger partial charge < -0.3 is 14.8 Å². The number of benzene rings is 1. The maximum Gasteiger partial charge on any atom is 0.234 e. The van der Waals surface area contributed by atoms with Crippen molar-refractivity contribution in [3.05, 3.63) is 23.8 Å². The van der Waals surface area contributed by atoms with E-state index in [9.17, 15) is 4.79 Å². The second-order valence-electron chi connectivity index (χ2n) is 7.29. The molecule has 2 unspecified atom stereocenters. The van der Waals surface area contributed by atoms with Crippen LogP contribution >= 0.6 is 0 Å². The first-order valence-electron chi connectivity index (χ1n) is 9.39. The monoisotopic (exact) mass is 346 g/mol. The number of ether oxygens (including phenoxy) is 2. The van der Waals surface area contributed by atoms with Crippen molar-refractivity contribution in [1.29, 1.82) is 0 Å². The first-order valence-corrected chi connectivity index (χ1v) is 9.39. The number of hydrogen-bond donors (Lipinski definition) is 1. The fourth-order valence-electron chi connectivity index (χ4n) is 4.27. The molecule has 5 nitrogen and oxygen atoms in total. The van der Waals surface area contributed by atoms with Gasteiger partial charge in [0, 0.05) is 13.1 Å². The van der Waals surface area contributed by atoms with E-state index in [1.165, 1.54) is 32.1 Å². The second-order valence-corrected chi connectivity index (χ2v) is 7.29. The summed E-state index contributed by atoms with van der Waals surface area (Å²) in [5.74, 6) is 3.20. The highest BCUT2D eigenvalue weighted by molar-refractivity contribution is 5.78. The summed E-state index contributed by atoms with van der Waals surface area (Å²) in [4.78, 5) is 14.6. The van der Waals surface area contributed by atoms with Crippen LogP contribution < -0.4 is 14.8 Å². The van der Waals surface area contributed by atoms with Gasteiger partial charge in [-0.05, 0) is 48.9 Å². The van der Waals surface area contributed by atoms with Gasteiger partial charge in [-0.1, -0.05) is 25.3 Å². The minimum atomic E-state index is 0.101. The quantitative estimate of drug-likeness (QED) is 0.860. The molecule has 0 bridgehead atoms. The predicted molar refractivity (Wildman–Crippen MR) is 97.9 cm³/mol. The average molecular weight is 346 g/mol. The number of piperidine rings is 1. The Labute approximate surface area is 150 Å². The third kappa shape index (κ3) is 4.66. The Morgan fingerprint density at radius 3 is 2.64 bits per heavy atom. The number of carbonyl (C=O) groups is 1. The Kier molecular flexibility index (Phi) is 6.19. The Bertz CT molecular complexity index is 590. The lowest BCUT2D eigenvalue weighted by molar-refractivity contribution is -0.123. The molecule has 1 aliphatic heterocycles. The molecule has 0 spiro atoms. The molecule has 1 aliphatic carbocycles. The van der Waals surface area contributed by atoms with E-state index in [1.807, 2.05) is 18.2 Å². The molecule has 3 rings (SSSR count). The first-order chi connectivity index (χ1) is 12.2. The minimum Gasteiger partial charge on any atom is -0.493 e. The van der Waals surface area contributed by atoms with Crippen LogP contribution in [0.2, 0.25) is 0 Å². The van der Waals surface area contributed by atoms with E-state index in [4.69, 9.17) is 9.47 Å². The largest absolute Gasteiger partial charge is 0.493 e. The van der Waals surface area contributed by atoms with Crippen molar-refractivity contribution in [1.82, 2.24) is 10.2 Å². The van der Waals surface area contributed by atoms with Crippen LogP contribution in [0.25, 0.3) is 0 Å². The minimum absolute atomic E-state index is 0.101. The lowest BCUT2D eigenvalue weighted by atomic mass is 9.75. The van der Waals surface area contributed by atoms with Gasteiger partial charge in [0.2, 0.25) is 5.91 Å². The highest BCUT2D eigenvalue weighted by atomic mass is 16.5. The average Bonchev–Trinajstić information content (AvgIpc) is 2.66. The molecule has 1 saturated heterocycles. The molecule has 2 fully saturated rings. The van der Waals surface area contributed by atoms with Crippen molar-refractivity contribution in [2.24, 2.45) is 11.8 Å². The summed E-state index contributed by atoms with van der Waals surface area (Å²) in [6, 6.07) is 5.73. The zero-order valence-corrected chi connectivity index (χ0v) is 15.4. The topological polar surface area (TPSA) is 50.8 Å². The Morgan fingerprint density at radius 1 is 1.12 bits per heavy atom. The molecule has 1 heterocycles. The molecule has 1 aromatic carbocycles. The lowest BCUT2D eigenvalue weighted by Crippen LogP contribution is -2.46. The summed E-state index contributed by atoms with van der Waals surface area (Å²) in [5.41, 5.74) is 1.01. The number of amides is 1. The van der Waals surface area contributed by atoms with Crippen molar-refractivity contribution in [3.63, 3.8) is 0 Å². The maximum absolute atomic E-state index is 12.3. The molecule has 1 aromatic rings. The van der Waals surface area contributed by atoms with E-state index in [0.717, 1.165) is 30.5 Å². The lowest BCUT2D eigenvalue weighted by Gasteiger charge is -2.41. The van der Waals surface area contributed by atoms with Crippen molar-refractivity contribution < 1.29 is 14.3 Å². The number of rotatable bonds is 6. The number of hydrogen-bond acceptors (Lipinski definition) is 4. The van der Waals surface area contributed by atoms with Gasteiger partial charge in [-0.3, -0.25) is 9.69 Å². The molecule has 138 valence electrons. The van der Waals surface area contributed by atoms with Gasteiger partial charge in [0.25, 0.3) is 0 Å². The van der Waals surface area contributed by atoms with E-state index in [0.29, 0.717) is 24.6 Å². The molecule has 0 radical (unpaired) electrons. The van der Waals surface area contributed by atoms with Crippen molar-refractivity contribution in [2.75, 3.05) is 33.9 Å². The highest BCUT2D eigenvalue weighted by Gasteiger charge is 2.31. The fourth-order valence-corrected chi connectivity index (χ4v) is 4.27. The molecule has 2 atom stereocenters. The molecular weight excluding hydrogens is 316 g/mol. The van der Waals surface area contributed by atoms with Crippen LogP contribution in [0, 0.1) is 11.8 Å². The Hall–Kier alpha value is -1.75. The number of likely N-dealkylation sites (tertiary alicyclic amines) is 1. The fraction of sp³-hybridized carbons (Fsp3) is 0.650. The van der Waals surface area contributed by atoms with E-state index >= 15 is 0 Å². The number of fused-ring (bicyclic) bond motifs is 1. The van der Waals surface area contributed by atoms with Gasteiger partial charge in [-0.15, -0.1) is 0 Å². The van der Waals surface area contributed by atoms with E-state index in [2.05, 4.69) is 10.2 Å².